The molecule has 13 aromatic rings. The van der Waals surface area contributed by atoms with Gasteiger partial charge >= 0.3 is 0 Å². The number of hydrogen-bond donors (Lipinski definition) is 0. The SMILES string of the molecule is Cc1ccc(-c2ccc3c(c2)c2ccccc2n3-c2ccc(-c3nc(-c4ccccc4)nc(-c4ccccc4)n3)c(-c3cnccc3-n3c4ccccc4c4cc(-c5ccc(C)cc5)ccc43)c2)cc1. The van der Waals surface area contributed by atoms with Gasteiger partial charge < -0.3 is 9.13 Å². The van der Waals surface area contributed by atoms with Crippen LogP contribution in [0.4, 0.5) is 0 Å². The van der Waals surface area contributed by atoms with E-state index in [4.69, 9.17) is 19.9 Å². The molecule has 0 aliphatic carbocycles. The second kappa shape index (κ2) is 16.8. The van der Waals surface area contributed by atoms with E-state index in [9.17, 15) is 0 Å². The smallest absolute Gasteiger partial charge is 0.164 e. The van der Waals surface area contributed by atoms with Crippen LogP contribution in [-0.2, 0) is 0 Å². The van der Waals surface area contributed by atoms with Crippen molar-refractivity contribution in [2.45, 2.75) is 13.8 Å². The van der Waals surface area contributed by atoms with Crippen molar-refractivity contribution in [1.29, 1.82) is 0 Å². The van der Waals surface area contributed by atoms with Gasteiger partial charge in [0.2, 0.25) is 0 Å². The number of benzene rings is 9. The first-order valence-electron chi connectivity index (χ1n) is 23.7. The summed E-state index contributed by atoms with van der Waals surface area (Å²) in [5.41, 5.74) is 18.2. The van der Waals surface area contributed by atoms with Gasteiger partial charge in [0, 0.05) is 61.9 Å². The highest BCUT2D eigenvalue weighted by molar-refractivity contribution is 6.12. The molecule has 0 aliphatic rings. The molecule has 0 N–H and O–H groups in total. The lowest BCUT2D eigenvalue weighted by Gasteiger charge is -2.18. The fourth-order valence-corrected chi connectivity index (χ4v) is 10.1. The Balaban J connectivity index is 1.08. The van der Waals surface area contributed by atoms with Gasteiger partial charge in [-0.15, -0.1) is 0 Å². The van der Waals surface area contributed by atoms with Crippen molar-refractivity contribution in [3.05, 3.63) is 242 Å². The summed E-state index contributed by atoms with van der Waals surface area (Å²) in [5, 5.41) is 4.73. The zero-order chi connectivity index (χ0) is 46.7. The molecule has 4 aromatic heterocycles. The van der Waals surface area contributed by atoms with Gasteiger partial charge in [-0.25, -0.2) is 15.0 Å². The minimum atomic E-state index is 0.569. The van der Waals surface area contributed by atoms with Crippen LogP contribution in [-0.4, -0.2) is 29.1 Å². The average Bonchev–Trinajstić information content (AvgIpc) is 3.93. The Morgan fingerprint density at radius 3 is 1.36 bits per heavy atom. The van der Waals surface area contributed by atoms with Crippen LogP contribution >= 0.6 is 0 Å². The van der Waals surface area contributed by atoms with E-state index in [1.807, 2.05) is 48.8 Å². The highest BCUT2D eigenvalue weighted by Crippen LogP contribution is 2.43. The minimum Gasteiger partial charge on any atom is -0.309 e. The van der Waals surface area contributed by atoms with Crippen molar-refractivity contribution in [3.63, 3.8) is 0 Å². The van der Waals surface area contributed by atoms with Crippen LogP contribution in [0.3, 0.4) is 0 Å². The van der Waals surface area contributed by atoms with E-state index in [2.05, 4.69) is 205 Å². The summed E-state index contributed by atoms with van der Waals surface area (Å²) in [4.78, 5) is 20.6. The summed E-state index contributed by atoms with van der Waals surface area (Å²) >= 11 is 0. The van der Waals surface area contributed by atoms with Crippen LogP contribution in [0, 0.1) is 13.8 Å². The first kappa shape index (κ1) is 41.0. The lowest BCUT2D eigenvalue weighted by molar-refractivity contribution is 1.07. The van der Waals surface area contributed by atoms with Crippen LogP contribution in [0.1, 0.15) is 11.1 Å². The van der Waals surface area contributed by atoms with Gasteiger partial charge in [0.25, 0.3) is 0 Å². The van der Waals surface area contributed by atoms with Crippen molar-refractivity contribution in [1.82, 2.24) is 29.1 Å². The zero-order valence-corrected chi connectivity index (χ0v) is 38.6. The Bertz CT molecular complexity index is 4060. The number of nitrogens with zero attached hydrogens (tertiary/aromatic N) is 6. The molecule has 0 spiro atoms. The lowest BCUT2D eigenvalue weighted by Crippen LogP contribution is -2.04. The van der Waals surface area contributed by atoms with E-state index in [-0.39, 0.29) is 0 Å². The second-order valence-corrected chi connectivity index (χ2v) is 18.1. The Labute approximate surface area is 405 Å². The topological polar surface area (TPSA) is 61.4 Å². The second-order valence-electron chi connectivity index (χ2n) is 18.1. The number of hydrogen-bond acceptors (Lipinski definition) is 4. The molecule has 9 aromatic carbocycles. The van der Waals surface area contributed by atoms with E-state index in [1.165, 1.54) is 54.9 Å². The van der Waals surface area contributed by atoms with Crippen LogP contribution in [0.15, 0.2) is 231 Å². The number of aromatic nitrogens is 6. The summed E-state index contributed by atoms with van der Waals surface area (Å²) in [5.74, 6) is 1.77. The molecule has 0 saturated carbocycles. The zero-order valence-electron chi connectivity index (χ0n) is 38.6. The Kier molecular flexibility index (Phi) is 9.84. The summed E-state index contributed by atoms with van der Waals surface area (Å²) in [6.45, 7) is 4.26. The molecule has 0 aliphatic heterocycles. The molecular formula is C64H44N6. The summed E-state index contributed by atoms with van der Waals surface area (Å²) < 4.78 is 4.78. The van der Waals surface area contributed by atoms with Gasteiger partial charge in [-0.1, -0.05) is 169 Å². The van der Waals surface area contributed by atoms with Gasteiger partial charge in [-0.05, 0) is 102 Å². The van der Waals surface area contributed by atoms with Crippen molar-refractivity contribution < 1.29 is 0 Å². The molecular weight excluding hydrogens is 853 g/mol. The van der Waals surface area contributed by atoms with E-state index in [0.29, 0.717) is 17.5 Å². The standard InChI is InChI=1S/C64H44N6/c1-41-21-25-43(26-22-41)47-29-33-59-54(37-47)50-17-9-11-19-57(50)69(59)49-31-32-52(64-67-62(45-13-5-3-6-14-45)66-63(68-64)46-15-7-4-8-16-46)53(39-49)56-40-65-36-35-61(56)70-58-20-12-10-18-51(58)55-38-48(30-34-60(55)70)44-27-23-42(2)24-28-44/h3-40H,1-2H3. The molecule has 4 heterocycles. The van der Waals surface area contributed by atoms with E-state index in [1.54, 1.807) is 0 Å². The van der Waals surface area contributed by atoms with Gasteiger partial charge in [0.1, 0.15) is 0 Å². The quantitative estimate of drug-likeness (QED) is 0.152. The molecule has 0 fully saturated rings. The predicted molar refractivity (Wildman–Crippen MR) is 288 cm³/mol. The number of fused-ring (bicyclic) bond motifs is 6. The number of rotatable bonds is 8. The largest absolute Gasteiger partial charge is 0.309 e. The van der Waals surface area contributed by atoms with Gasteiger partial charge in [0.15, 0.2) is 17.5 Å². The van der Waals surface area contributed by atoms with Gasteiger partial charge in [-0.3, -0.25) is 4.98 Å². The highest BCUT2D eigenvalue weighted by atomic mass is 15.0. The first-order valence-corrected chi connectivity index (χ1v) is 23.7. The summed E-state index contributed by atoms with van der Waals surface area (Å²) in [7, 11) is 0. The van der Waals surface area contributed by atoms with Crippen LogP contribution in [0.25, 0.3) is 123 Å². The molecule has 0 bridgehead atoms. The van der Waals surface area contributed by atoms with E-state index >= 15 is 0 Å². The molecule has 0 atom stereocenters. The monoisotopic (exact) mass is 896 g/mol. The maximum atomic E-state index is 5.30. The summed E-state index contributed by atoms with van der Waals surface area (Å²) in [6.07, 6.45) is 3.89. The lowest BCUT2D eigenvalue weighted by atomic mass is 9.97. The summed E-state index contributed by atoms with van der Waals surface area (Å²) in [6, 6.07) is 77.8. The predicted octanol–water partition coefficient (Wildman–Crippen LogP) is 16.1. The van der Waals surface area contributed by atoms with Crippen molar-refractivity contribution in [2.24, 2.45) is 0 Å². The fraction of sp³-hybridized carbons (Fsp3) is 0.0312. The minimum absolute atomic E-state index is 0.569. The third-order valence-electron chi connectivity index (χ3n) is 13.6. The number of pyridine rings is 1. The molecule has 330 valence electrons. The molecule has 0 saturated heterocycles. The van der Waals surface area contributed by atoms with Gasteiger partial charge in [0.05, 0.1) is 27.8 Å². The van der Waals surface area contributed by atoms with Crippen molar-refractivity contribution in [3.8, 4) is 78.9 Å². The maximum Gasteiger partial charge on any atom is 0.164 e. The first-order chi connectivity index (χ1) is 34.5. The molecule has 0 amide bonds. The van der Waals surface area contributed by atoms with Crippen LogP contribution < -0.4 is 0 Å². The third-order valence-corrected chi connectivity index (χ3v) is 13.6. The third kappa shape index (κ3) is 7.04. The Hall–Kier alpha value is -9.26. The van der Waals surface area contributed by atoms with E-state index in [0.717, 1.165) is 61.3 Å². The Morgan fingerprint density at radius 2 is 0.786 bits per heavy atom. The van der Waals surface area contributed by atoms with Crippen LogP contribution in [0.5, 0.6) is 0 Å². The molecule has 0 radical (unpaired) electrons. The number of para-hydroxylation sites is 2. The average molecular weight is 897 g/mol. The number of aryl methyl sites for hydroxylation is 2. The van der Waals surface area contributed by atoms with E-state index < -0.39 is 0 Å². The Morgan fingerprint density at radius 1 is 0.314 bits per heavy atom. The fourth-order valence-electron chi connectivity index (χ4n) is 10.1. The normalized spacial score (nSPS) is 11.6. The molecule has 13 rings (SSSR count). The molecule has 70 heavy (non-hydrogen) atoms. The maximum absolute atomic E-state index is 5.30. The van der Waals surface area contributed by atoms with Crippen molar-refractivity contribution >= 4 is 43.6 Å². The van der Waals surface area contributed by atoms with Gasteiger partial charge in [-0.2, -0.15) is 0 Å². The molecule has 0 unspecified atom stereocenters. The van der Waals surface area contributed by atoms with Crippen LogP contribution in [0.2, 0.25) is 0 Å². The molecule has 6 nitrogen and oxygen atoms in total. The highest BCUT2D eigenvalue weighted by Gasteiger charge is 2.23. The molecule has 6 heteroatoms. The van der Waals surface area contributed by atoms with Crippen molar-refractivity contribution in [2.75, 3.05) is 0 Å².